The predicted molar refractivity (Wildman–Crippen MR) is 71.4 cm³/mol. The lowest BCUT2D eigenvalue weighted by Gasteiger charge is -2.06. The second-order valence-corrected chi connectivity index (χ2v) is 4.86. The normalized spacial score (nSPS) is 12.0. The molecular weight excluding hydrogens is 299 g/mol. The van der Waals surface area contributed by atoms with Gasteiger partial charge in [-0.25, -0.2) is 0 Å². The number of aromatic hydroxyl groups is 1. The summed E-state index contributed by atoms with van der Waals surface area (Å²) in [5.41, 5.74) is -0.151. The second-order valence-electron chi connectivity index (χ2n) is 4.86. The zero-order valence-electron chi connectivity index (χ0n) is 11.3. The van der Waals surface area contributed by atoms with Crippen molar-refractivity contribution in [1.82, 2.24) is 9.90 Å². The molecular formula is C14H10F3N3O2. The van der Waals surface area contributed by atoms with Crippen LogP contribution in [0.3, 0.4) is 0 Å². The molecule has 0 atom stereocenters. The first-order valence-electron chi connectivity index (χ1n) is 6.27. The Morgan fingerprint density at radius 3 is 2.59 bits per heavy atom. The molecule has 0 fully saturated rings. The van der Waals surface area contributed by atoms with Crippen LogP contribution in [-0.2, 0) is 6.18 Å². The highest BCUT2D eigenvalue weighted by atomic mass is 19.4. The van der Waals surface area contributed by atoms with Gasteiger partial charge < -0.3 is 10.3 Å². The number of phenolic OH excluding ortho intramolecular Hbond substituents is 1. The van der Waals surface area contributed by atoms with Gasteiger partial charge in [0.25, 0.3) is 5.52 Å². The zero-order valence-corrected chi connectivity index (χ0v) is 11.3. The average molecular weight is 309 g/mol. The Morgan fingerprint density at radius 2 is 1.91 bits per heavy atom. The van der Waals surface area contributed by atoms with Crippen molar-refractivity contribution in [1.29, 1.82) is 0 Å². The average Bonchev–Trinajstić information content (AvgIpc) is 2.77. The maximum Gasteiger partial charge on any atom is 0.416 e. The lowest BCUT2D eigenvalue weighted by Crippen LogP contribution is -2.37. The molecule has 1 heterocycles. The van der Waals surface area contributed by atoms with Gasteiger partial charge in [0.15, 0.2) is 5.69 Å². The largest absolute Gasteiger partial charge is 0.692 e. The lowest BCUT2D eigenvalue weighted by atomic mass is 10.2. The number of hydrogen-bond donors (Lipinski definition) is 1. The molecule has 0 bridgehead atoms. The summed E-state index contributed by atoms with van der Waals surface area (Å²) in [7, 11) is 0. The van der Waals surface area contributed by atoms with E-state index in [2.05, 4.69) is 5.10 Å². The molecule has 3 rings (SSSR count). The third kappa shape index (κ3) is 2.22. The summed E-state index contributed by atoms with van der Waals surface area (Å²) in [6, 6.07) is 7.21. The molecule has 22 heavy (non-hydrogen) atoms. The van der Waals surface area contributed by atoms with Gasteiger partial charge in [0.1, 0.15) is 5.75 Å². The molecule has 1 N–H and O–H groups in total. The summed E-state index contributed by atoms with van der Waals surface area (Å²) in [5.74, 6) is -0.195. The molecule has 0 unspecified atom stereocenters. The molecule has 1 aromatic heterocycles. The SMILES string of the molecule is Cc1ccc(O)c(-n2nc3cc(C(F)(F)F)ccc3[n+]2[O-])c1. The third-order valence-electron chi connectivity index (χ3n) is 3.23. The van der Waals surface area contributed by atoms with Crippen LogP contribution >= 0.6 is 0 Å². The molecule has 3 aromatic rings. The summed E-state index contributed by atoms with van der Waals surface area (Å²) in [5, 5.41) is 25.9. The van der Waals surface area contributed by atoms with Crippen LogP contribution in [0.1, 0.15) is 11.1 Å². The van der Waals surface area contributed by atoms with E-state index in [9.17, 15) is 23.5 Å². The number of nitrogens with zero attached hydrogens (tertiary/aromatic N) is 3. The minimum atomic E-state index is -4.52. The maximum atomic E-state index is 12.7. The van der Waals surface area contributed by atoms with Crippen molar-refractivity contribution in [3.63, 3.8) is 0 Å². The fourth-order valence-electron chi connectivity index (χ4n) is 2.13. The number of hydrogen-bond acceptors (Lipinski definition) is 3. The minimum absolute atomic E-state index is 0.0195. The minimum Gasteiger partial charge on any atom is -0.692 e. The van der Waals surface area contributed by atoms with E-state index in [4.69, 9.17) is 0 Å². The standard InChI is InChI=1S/C14H10F3N3O2/c1-8-2-5-13(21)12(6-8)19-18-10-7-9(14(15,16)17)3-4-11(10)20(19)22/h2-7,21H,1H3. The smallest absolute Gasteiger partial charge is 0.416 e. The van der Waals surface area contributed by atoms with Crippen LogP contribution in [0.4, 0.5) is 13.2 Å². The number of aromatic nitrogens is 3. The first kappa shape index (κ1) is 14.2. The van der Waals surface area contributed by atoms with Gasteiger partial charge >= 0.3 is 6.18 Å². The molecule has 0 spiro atoms. The number of fused-ring (bicyclic) bond motifs is 1. The van der Waals surface area contributed by atoms with E-state index >= 15 is 0 Å². The number of alkyl halides is 3. The Morgan fingerprint density at radius 1 is 1.18 bits per heavy atom. The van der Waals surface area contributed by atoms with Gasteiger partial charge in [-0.2, -0.15) is 13.2 Å². The van der Waals surface area contributed by atoms with Gasteiger partial charge in [-0.15, -0.1) is 4.85 Å². The number of phenols is 1. The Hall–Kier alpha value is -2.77. The quantitative estimate of drug-likeness (QED) is 0.555. The highest BCUT2D eigenvalue weighted by molar-refractivity contribution is 5.72. The summed E-state index contributed by atoms with van der Waals surface area (Å²) in [4.78, 5) is 1.16. The Labute approximate surface area is 122 Å². The molecule has 0 saturated heterocycles. The third-order valence-corrected chi connectivity index (χ3v) is 3.23. The summed E-state index contributed by atoms with van der Waals surface area (Å²) in [6.45, 7) is 1.75. The topological polar surface area (TPSA) is 65.0 Å². The first-order valence-corrected chi connectivity index (χ1v) is 6.27. The fourth-order valence-corrected chi connectivity index (χ4v) is 2.13. The van der Waals surface area contributed by atoms with E-state index in [0.29, 0.717) is 4.85 Å². The van der Waals surface area contributed by atoms with Crippen LogP contribution < -0.4 is 4.85 Å². The summed E-state index contributed by atoms with van der Waals surface area (Å²) in [6.07, 6.45) is -4.52. The van der Waals surface area contributed by atoms with E-state index in [1.54, 1.807) is 13.0 Å². The van der Waals surface area contributed by atoms with E-state index in [1.807, 2.05) is 0 Å². The van der Waals surface area contributed by atoms with Crippen LogP contribution in [0.2, 0.25) is 0 Å². The van der Waals surface area contributed by atoms with E-state index in [0.717, 1.165) is 28.6 Å². The van der Waals surface area contributed by atoms with Crippen molar-refractivity contribution in [2.45, 2.75) is 13.1 Å². The summed E-state index contributed by atoms with van der Waals surface area (Å²) < 4.78 is 38.1. The van der Waals surface area contributed by atoms with Crippen molar-refractivity contribution in [2.75, 3.05) is 0 Å². The highest BCUT2D eigenvalue weighted by Crippen LogP contribution is 2.31. The van der Waals surface area contributed by atoms with Crippen LogP contribution in [0.5, 0.6) is 5.75 Å². The molecule has 0 aliphatic carbocycles. The fraction of sp³-hybridized carbons (Fsp3) is 0.143. The molecule has 0 aliphatic rings. The molecule has 2 aromatic carbocycles. The molecule has 5 nitrogen and oxygen atoms in total. The van der Waals surface area contributed by atoms with Crippen molar-refractivity contribution in [3.8, 4) is 11.4 Å². The van der Waals surface area contributed by atoms with Crippen LogP contribution in [0, 0.1) is 12.1 Å². The van der Waals surface area contributed by atoms with Gasteiger partial charge in [0.2, 0.25) is 5.52 Å². The predicted octanol–water partition coefficient (Wildman–Crippen LogP) is 2.69. The van der Waals surface area contributed by atoms with Gasteiger partial charge in [0.05, 0.1) is 10.7 Å². The van der Waals surface area contributed by atoms with E-state index < -0.39 is 11.7 Å². The molecule has 0 amide bonds. The molecule has 8 heteroatoms. The molecule has 0 aliphatic heterocycles. The van der Waals surface area contributed by atoms with Crippen molar-refractivity contribution in [3.05, 3.63) is 52.7 Å². The van der Waals surface area contributed by atoms with Gasteiger partial charge in [-0.05, 0) is 41.5 Å². The molecule has 0 radical (unpaired) electrons. The molecule has 0 saturated carbocycles. The van der Waals surface area contributed by atoms with Crippen molar-refractivity contribution in [2.24, 2.45) is 0 Å². The Balaban J connectivity index is 2.24. The number of halogens is 3. The first-order chi connectivity index (χ1) is 10.3. The monoisotopic (exact) mass is 309 g/mol. The Bertz CT molecular complexity index is 872. The highest BCUT2D eigenvalue weighted by Gasteiger charge is 2.32. The van der Waals surface area contributed by atoms with Crippen LogP contribution in [-0.4, -0.2) is 15.0 Å². The van der Waals surface area contributed by atoms with Gasteiger partial charge in [0, 0.05) is 6.07 Å². The lowest BCUT2D eigenvalue weighted by molar-refractivity contribution is -0.664. The van der Waals surface area contributed by atoms with E-state index in [1.165, 1.54) is 12.1 Å². The number of benzene rings is 2. The number of rotatable bonds is 1. The van der Waals surface area contributed by atoms with Crippen LogP contribution in [0.15, 0.2) is 36.4 Å². The van der Waals surface area contributed by atoms with Crippen LogP contribution in [0.25, 0.3) is 16.7 Å². The zero-order chi connectivity index (χ0) is 16.1. The van der Waals surface area contributed by atoms with Crippen molar-refractivity contribution >= 4 is 11.0 Å². The maximum absolute atomic E-state index is 12.7. The summed E-state index contributed by atoms with van der Waals surface area (Å²) >= 11 is 0. The second kappa shape index (κ2) is 4.62. The van der Waals surface area contributed by atoms with Gasteiger partial charge in [-0.3, -0.25) is 0 Å². The number of aryl methyl sites for hydroxylation is 1. The molecule has 114 valence electrons. The Kier molecular flexibility index (Phi) is 2.98. The van der Waals surface area contributed by atoms with Crippen molar-refractivity contribution < 1.29 is 23.1 Å². The van der Waals surface area contributed by atoms with Gasteiger partial charge in [-0.1, -0.05) is 6.07 Å². The van der Waals surface area contributed by atoms with E-state index in [-0.39, 0.29) is 22.5 Å².